The number of para-hydroxylation sites is 1. The quantitative estimate of drug-likeness (QED) is 0.770. The van der Waals surface area contributed by atoms with Gasteiger partial charge in [-0.1, -0.05) is 18.2 Å². The maximum atomic E-state index is 12.2. The Kier molecular flexibility index (Phi) is 4.57. The molecular formula is C16H21N5O2. The van der Waals surface area contributed by atoms with E-state index >= 15 is 0 Å². The maximum Gasteiger partial charge on any atom is 0.272 e. The Morgan fingerprint density at radius 2 is 2.22 bits per heavy atom. The minimum absolute atomic E-state index is 0.0346. The van der Waals surface area contributed by atoms with Crippen molar-refractivity contribution in [3.8, 4) is 0 Å². The molecule has 7 heteroatoms. The lowest BCUT2D eigenvalue weighted by Crippen LogP contribution is -2.46. The maximum absolute atomic E-state index is 12.2. The highest BCUT2D eigenvalue weighted by Gasteiger charge is 2.21. The van der Waals surface area contributed by atoms with Gasteiger partial charge in [0.2, 0.25) is 5.91 Å². The zero-order valence-electron chi connectivity index (χ0n) is 12.9. The smallest absolute Gasteiger partial charge is 0.272 e. The zero-order chi connectivity index (χ0) is 16.2. The fourth-order valence-corrected chi connectivity index (χ4v) is 2.90. The van der Waals surface area contributed by atoms with Crippen molar-refractivity contribution in [1.29, 1.82) is 0 Å². The van der Waals surface area contributed by atoms with Crippen LogP contribution in [0.15, 0.2) is 24.3 Å². The summed E-state index contributed by atoms with van der Waals surface area (Å²) >= 11 is 0. The summed E-state index contributed by atoms with van der Waals surface area (Å²) in [6, 6.07) is 7.51. The van der Waals surface area contributed by atoms with Gasteiger partial charge in [0.1, 0.15) is 0 Å². The van der Waals surface area contributed by atoms with Crippen LogP contribution in [0, 0.1) is 0 Å². The Bertz CT molecular complexity index is 711. The summed E-state index contributed by atoms with van der Waals surface area (Å²) in [5.41, 5.74) is 7.05. The predicted molar refractivity (Wildman–Crippen MR) is 86.8 cm³/mol. The van der Waals surface area contributed by atoms with Crippen molar-refractivity contribution in [2.75, 3.05) is 19.6 Å². The number of hydrogen-bond donors (Lipinski definition) is 3. The number of likely N-dealkylation sites (tertiary alicyclic amines) is 1. The number of benzene rings is 1. The van der Waals surface area contributed by atoms with Crippen LogP contribution >= 0.6 is 0 Å². The van der Waals surface area contributed by atoms with E-state index in [1.165, 1.54) is 0 Å². The number of nitrogens with one attached hydrogen (secondary N) is 2. The number of carbonyl (C=O) groups is 2. The average molecular weight is 315 g/mol. The Hall–Kier alpha value is -2.41. The molecule has 1 aromatic heterocycles. The SMILES string of the molecule is NC1CCCN(C(=O)CCNC(=O)c2n[nH]c3ccccc23)C1. The van der Waals surface area contributed by atoms with Gasteiger partial charge in [-0.15, -0.1) is 0 Å². The molecule has 7 nitrogen and oxygen atoms in total. The number of aromatic nitrogens is 2. The van der Waals surface area contributed by atoms with Gasteiger partial charge in [-0.25, -0.2) is 0 Å². The van der Waals surface area contributed by atoms with Crippen LogP contribution in [0.5, 0.6) is 0 Å². The lowest BCUT2D eigenvalue weighted by Gasteiger charge is -2.30. The van der Waals surface area contributed by atoms with Crippen LogP contribution in [0.1, 0.15) is 29.8 Å². The number of fused-ring (bicyclic) bond motifs is 1. The first-order chi connectivity index (χ1) is 11.1. The first-order valence-corrected chi connectivity index (χ1v) is 7.90. The van der Waals surface area contributed by atoms with E-state index in [1.807, 2.05) is 24.3 Å². The molecule has 1 saturated heterocycles. The van der Waals surface area contributed by atoms with Gasteiger partial charge in [-0.05, 0) is 18.9 Å². The number of rotatable bonds is 4. The Balaban J connectivity index is 1.52. The number of aromatic amines is 1. The van der Waals surface area contributed by atoms with E-state index in [-0.39, 0.29) is 24.3 Å². The van der Waals surface area contributed by atoms with E-state index in [0.717, 1.165) is 30.3 Å². The Morgan fingerprint density at radius 3 is 3.04 bits per heavy atom. The van der Waals surface area contributed by atoms with Crippen LogP contribution in [0.4, 0.5) is 0 Å². The highest BCUT2D eigenvalue weighted by Crippen LogP contribution is 2.14. The number of piperidine rings is 1. The number of H-pyrrole nitrogens is 1. The summed E-state index contributed by atoms with van der Waals surface area (Å²) in [7, 11) is 0. The van der Waals surface area contributed by atoms with E-state index in [0.29, 0.717) is 18.8 Å². The Labute approximate surface area is 134 Å². The molecule has 2 amide bonds. The van der Waals surface area contributed by atoms with E-state index in [9.17, 15) is 9.59 Å². The summed E-state index contributed by atoms with van der Waals surface area (Å²) in [5.74, 6) is -0.238. The third-order valence-electron chi connectivity index (χ3n) is 4.12. The second-order valence-electron chi connectivity index (χ2n) is 5.87. The van der Waals surface area contributed by atoms with Crippen LogP contribution in [0.25, 0.3) is 10.9 Å². The van der Waals surface area contributed by atoms with E-state index in [1.54, 1.807) is 4.90 Å². The number of nitrogens with two attached hydrogens (primary N) is 1. The van der Waals surface area contributed by atoms with Crippen molar-refractivity contribution in [3.05, 3.63) is 30.0 Å². The molecule has 0 bridgehead atoms. The Morgan fingerprint density at radius 1 is 1.39 bits per heavy atom. The molecule has 0 spiro atoms. The van der Waals surface area contributed by atoms with Crippen molar-refractivity contribution in [2.45, 2.75) is 25.3 Å². The molecule has 3 rings (SSSR count). The van der Waals surface area contributed by atoms with Crippen LogP contribution in [-0.4, -0.2) is 52.6 Å². The molecule has 4 N–H and O–H groups in total. The van der Waals surface area contributed by atoms with E-state index in [4.69, 9.17) is 5.73 Å². The third kappa shape index (κ3) is 3.50. The van der Waals surface area contributed by atoms with Crippen LogP contribution < -0.4 is 11.1 Å². The summed E-state index contributed by atoms with van der Waals surface area (Å²) < 4.78 is 0. The average Bonchev–Trinajstić information content (AvgIpc) is 2.98. The monoisotopic (exact) mass is 315 g/mol. The van der Waals surface area contributed by atoms with Gasteiger partial charge in [-0.2, -0.15) is 5.10 Å². The summed E-state index contributed by atoms with van der Waals surface area (Å²) in [6.07, 6.45) is 2.19. The summed E-state index contributed by atoms with van der Waals surface area (Å²) in [6.45, 7) is 1.66. The largest absolute Gasteiger partial charge is 0.350 e. The lowest BCUT2D eigenvalue weighted by atomic mass is 10.1. The molecule has 1 aromatic carbocycles. The number of hydrogen-bond acceptors (Lipinski definition) is 4. The van der Waals surface area contributed by atoms with Gasteiger partial charge in [0.05, 0.1) is 5.52 Å². The van der Waals surface area contributed by atoms with Crippen molar-refractivity contribution >= 4 is 22.7 Å². The molecule has 1 atom stereocenters. The molecule has 1 fully saturated rings. The molecule has 122 valence electrons. The first kappa shape index (κ1) is 15.5. The van der Waals surface area contributed by atoms with Gasteiger partial charge in [-0.3, -0.25) is 14.7 Å². The van der Waals surface area contributed by atoms with E-state index < -0.39 is 0 Å². The highest BCUT2D eigenvalue weighted by atomic mass is 16.2. The molecule has 0 aliphatic carbocycles. The molecule has 1 aliphatic heterocycles. The van der Waals surface area contributed by atoms with Crippen LogP contribution in [-0.2, 0) is 4.79 Å². The van der Waals surface area contributed by atoms with Crippen molar-refractivity contribution in [2.24, 2.45) is 5.73 Å². The normalized spacial score (nSPS) is 18.1. The fraction of sp³-hybridized carbons (Fsp3) is 0.438. The topological polar surface area (TPSA) is 104 Å². The van der Waals surface area contributed by atoms with Gasteiger partial charge in [0.15, 0.2) is 5.69 Å². The minimum atomic E-state index is -0.273. The molecule has 2 heterocycles. The number of carbonyl (C=O) groups excluding carboxylic acids is 2. The molecule has 0 saturated carbocycles. The molecule has 2 aromatic rings. The van der Waals surface area contributed by atoms with Gasteiger partial charge in [0, 0.05) is 37.5 Å². The van der Waals surface area contributed by atoms with Gasteiger partial charge in [0.25, 0.3) is 5.91 Å². The van der Waals surface area contributed by atoms with Crippen LogP contribution in [0.3, 0.4) is 0 Å². The zero-order valence-corrected chi connectivity index (χ0v) is 12.9. The van der Waals surface area contributed by atoms with Gasteiger partial charge < -0.3 is 16.0 Å². The summed E-state index contributed by atoms with van der Waals surface area (Å²) in [4.78, 5) is 26.1. The molecule has 1 aliphatic rings. The third-order valence-corrected chi connectivity index (χ3v) is 4.12. The number of nitrogens with zero attached hydrogens (tertiary/aromatic N) is 2. The van der Waals surface area contributed by atoms with Crippen molar-refractivity contribution < 1.29 is 9.59 Å². The standard InChI is InChI=1S/C16H21N5O2/c17-11-4-3-9-21(10-11)14(22)7-8-18-16(23)15-12-5-1-2-6-13(12)19-20-15/h1-2,5-6,11H,3-4,7-10,17H2,(H,18,23)(H,19,20). The van der Waals surface area contributed by atoms with Gasteiger partial charge >= 0.3 is 0 Å². The molecule has 0 radical (unpaired) electrons. The van der Waals surface area contributed by atoms with Crippen molar-refractivity contribution in [3.63, 3.8) is 0 Å². The molecule has 1 unspecified atom stereocenters. The highest BCUT2D eigenvalue weighted by molar-refractivity contribution is 6.04. The summed E-state index contributed by atoms with van der Waals surface area (Å²) in [5, 5.41) is 10.4. The van der Waals surface area contributed by atoms with Crippen LogP contribution in [0.2, 0.25) is 0 Å². The predicted octanol–water partition coefficient (Wildman–Crippen LogP) is 0.633. The second-order valence-corrected chi connectivity index (χ2v) is 5.87. The lowest BCUT2D eigenvalue weighted by molar-refractivity contribution is -0.132. The number of amides is 2. The minimum Gasteiger partial charge on any atom is -0.350 e. The fourth-order valence-electron chi connectivity index (χ4n) is 2.90. The molecule has 23 heavy (non-hydrogen) atoms. The second kappa shape index (κ2) is 6.78. The van der Waals surface area contributed by atoms with E-state index in [2.05, 4.69) is 15.5 Å². The molecular weight excluding hydrogens is 294 g/mol. The first-order valence-electron chi connectivity index (χ1n) is 7.90. The van der Waals surface area contributed by atoms with Crippen molar-refractivity contribution in [1.82, 2.24) is 20.4 Å².